The van der Waals surface area contributed by atoms with E-state index in [2.05, 4.69) is 10.5 Å². The Morgan fingerprint density at radius 3 is 2.94 bits per heavy atom. The number of hydrogen-bond acceptors (Lipinski definition) is 5. The Bertz CT molecular complexity index is 390. The molecule has 0 radical (unpaired) electrons. The molecule has 1 atom stereocenters. The van der Waals surface area contributed by atoms with Crippen LogP contribution in [0.2, 0.25) is 0 Å². The summed E-state index contributed by atoms with van der Waals surface area (Å²) in [7, 11) is 0. The van der Waals surface area contributed by atoms with E-state index < -0.39 is 6.04 Å². The van der Waals surface area contributed by atoms with Gasteiger partial charge in [-0.15, -0.1) is 0 Å². The Kier molecular flexibility index (Phi) is 5.29. The Morgan fingerprint density at radius 1 is 1.67 bits per heavy atom. The molecule has 100 valence electrons. The van der Waals surface area contributed by atoms with Gasteiger partial charge in [0, 0.05) is 23.8 Å². The van der Waals surface area contributed by atoms with Gasteiger partial charge in [0.05, 0.1) is 12.3 Å². The number of hydrogen-bond donors (Lipinski definition) is 2. The van der Waals surface area contributed by atoms with Crippen molar-refractivity contribution in [1.29, 1.82) is 0 Å². The molecular formula is C11H17N3O4. The molecule has 1 fully saturated rings. The molecule has 0 heterocycles. The fourth-order valence-corrected chi connectivity index (χ4v) is 1.97. The largest absolute Gasteiger partial charge is 0.411 e. The normalized spacial score (nSPS) is 22.8. The van der Waals surface area contributed by atoms with Crippen molar-refractivity contribution in [2.24, 2.45) is 5.16 Å². The predicted molar refractivity (Wildman–Crippen MR) is 65.2 cm³/mol. The van der Waals surface area contributed by atoms with E-state index in [-0.39, 0.29) is 23.1 Å². The summed E-state index contributed by atoms with van der Waals surface area (Å²) in [5, 5.41) is 25.2. The summed E-state index contributed by atoms with van der Waals surface area (Å²) in [6.07, 6.45) is 4.39. The van der Waals surface area contributed by atoms with Crippen molar-refractivity contribution in [2.75, 3.05) is 6.54 Å². The maximum absolute atomic E-state index is 10.9. The van der Waals surface area contributed by atoms with Crippen LogP contribution in [0.1, 0.15) is 32.6 Å². The Hall–Kier alpha value is -1.92. The number of nitro groups is 1. The smallest absolute Gasteiger partial charge is 0.234 e. The van der Waals surface area contributed by atoms with Crippen LogP contribution in [0.25, 0.3) is 0 Å². The van der Waals surface area contributed by atoms with Crippen LogP contribution in [0, 0.1) is 10.1 Å². The molecule has 0 aromatic rings. The number of carbonyl (C=O) groups excluding carboxylic acids is 1. The first-order valence-electron chi connectivity index (χ1n) is 5.84. The third kappa shape index (κ3) is 4.15. The second kappa shape index (κ2) is 6.73. The first-order chi connectivity index (χ1) is 8.54. The third-order valence-corrected chi connectivity index (χ3v) is 2.87. The monoisotopic (exact) mass is 255 g/mol. The minimum absolute atomic E-state index is 0.0692. The van der Waals surface area contributed by atoms with E-state index in [1.807, 2.05) is 0 Å². The highest BCUT2D eigenvalue weighted by atomic mass is 16.6. The van der Waals surface area contributed by atoms with Gasteiger partial charge in [-0.3, -0.25) is 14.9 Å². The number of carbonyl (C=O) groups is 1. The highest BCUT2D eigenvalue weighted by Gasteiger charge is 2.28. The van der Waals surface area contributed by atoms with E-state index in [9.17, 15) is 14.9 Å². The molecular weight excluding hydrogens is 238 g/mol. The fraction of sp³-hybridized carbons (Fsp3) is 0.636. The SMILES string of the molecule is CC(=O)NCC(C=C1CCCCC1[N+](=O)[O-])=NO. The van der Waals surface area contributed by atoms with Gasteiger partial charge in [-0.25, -0.2) is 0 Å². The highest BCUT2D eigenvalue weighted by molar-refractivity contribution is 5.98. The van der Waals surface area contributed by atoms with Crippen molar-refractivity contribution in [3.63, 3.8) is 0 Å². The van der Waals surface area contributed by atoms with E-state index >= 15 is 0 Å². The molecule has 0 bridgehead atoms. The maximum Gasteiger partial charge on any atom is 0.234 e. The van der Waals surface area contributed by atoms with E-state index in [4.69, 9.17) is 5.21 Å². The van der Waals surface area contributed by atoms with Gasteiger partial charge in [-0.05, 0) is 25.3 Å². The molecule has 18 heavy (non-hydrogen) atoms. The average molecular weight is 255 g/mol. The zero-order valence-electron chi connectivity index (χ0n) is 10.3. The summed E-state index contributed by atoms with van der Waals surface area (Å²) >= 11 is 0. The van der Waals surface area contributed by atoms with Gasteiger partial charge in [-0.1, -0.05) is 5.16 Å². The predicted octanol–water partition coefficient (Wildman–Crippen LogP) is 1.10. The van der Waals surface area contributed by atoms with Gasteiger partial charge in [-0.2, -0.15) is 0 Å². The van der Waals surface area contributed by atoms with Crippen molar-refractivity contribution < 1.29 is 14.9 Å². The maximum atomic E-state index is 10.9. The van der Waals surface area contributed by atoms with Crippen molar-refractivity contribution in [3.05, 3.63) is 21.8 Å². The summed E-state index contributed by atoms with van der Waals surface area (Å²) in [6, 6.07) is -0.701. The summed E-state index contributed by atoms with van der Waals surface area (Å²) < 4.78 is 0. The van der Waals surface area contributed by atoms with Crippen molar-refractivity contribution >= 4 is 11.6 Å². The zero-order valence-corrected chi connectivity index (χ0v) is 10.3. The lowest BCUT2D eigenvalue weighted by Gasteiger charge is -2.18. The highest BCUT2D eigenvalue weighted by Crippen LogP contribution is 2.25. The number of nitrogens with zero attached hydrogens (tertiary/aromatic N) is 2. The lowest BCUT2D eigenvalue weighted by atomic mass is 9.89. The van der Waals surface area contributed by atoms with Crippen molar-refractivity contribution in [3.8, 4) is 0 Å². The van der Waals surface area contributed by atoms with E-state index in [1.54, 1.807) is 0 Å². The van der Waals surface area contributed by atoms with E-state index in [1.165, 1.54) is 13.0 Å². The molecule has 1 rings (SSSR count). The summed E-state index contributed by atoms with van der Waals surface area (Å²) in [4.78, 5) is 21.3. The van der Waals surface area contributed by atoms with Crippen molar-refractivity contribution in [2.45, 2.75) is 38.6 Å². The molecule has 0 aromatic heterocycles. The van der Waals surface area contributed by atoms with Crippen LogP contribution in [0.3, 0.4) is 0 Å². The molecule has 7 nitrogen and oxygen atoms in total. The van der Waals surface area contributed by atoms with Gasteiger partial charge >= 0.3 is 0 Å². The Morgan fingerprint density at radius 2 is 2.39 bits per heavy atom. The summed E-state index contributed by atoms with van der Waals surface area (Å²) in [5.41, 5.74) is 0.887. The van der Waals surface area contributed by atoms with Gasteiger partial charge in [0.1, 0.15) is 0 Å². The molecule has 0 aromatic carbocycles. The molecule has 2 N–H and O–H groups in total. The van der Waals surface area contributed by atoms with Crippen LogP contribution < -0.4 is 5.32 Å². The number of amides is 1. The quantitative estimate of drug-likeness (QED) is 0.339. The first-order valence-corrected chi connectivity index (χ1v) is 5.84. The number of oxime groups is 1. The average Bonchev–Trinajstić information content (AvgIpc) is 2.34. The Balaban J connectivity index is 2.76. The molecule has 0 spiro atoms. The second-order valence-electron chi connectivity index (χ2n) is 4.27. The van der Waals surface area contributed by atoms with Gasteiger partial charge in [0.15, 0.2) is 0 Å². The second-order valence-corrected chi connectivity index (χ2v) is 4.27. The molecule has 1 amide bonds. The number of rotatable bonds is 4. The minimum Gasteiger partial charge on any atom is -0.411 e. The van der Waals surface area contributed by atoms with Crippen molar-refractivity contribution in [1.82, 2.24) is 5.32 Å². The Labute approximate surface area is 105 Å². The zero-order chi connectivity index (χ0) is 13.5. The first kappa shape index (κ1) is 14.1. The summed E-state index contributed by atoms with van der Waals surface area (Å²) in [6.45, 7) is 1.42. The van der Waals surface area contributed by atoms with Gasteiger partial charge in [0.2, 0.25) is 11.9 Å². The lowest BCUT2D eigenvalue weighted by molar-refractivity contribution is -0.514. The molecule has 7 heteroatoms. The molecule has 0 saturated heterocycles. The van der Waals surface area contributed by atoms with Crippen LogP contribution in [-0.4, -0.2) is 34.3 Å². The van der Waals surface area contributed by atoms with Crippen LogP contribution in [-0.2, 0) is 4.79 Å². The molecule has 1 aliphatic rings. The lowest BCUT2D eigenvalue weighted by Crippen LogP contribution is -2.29. The van der Waals surface area contributed by atoms with E-state index in [0.29, 0.717) is 18.4 Å². The minimum atomic E-state index is -0.701. The van der Waals surface area contributed by atoms with Crippen LogP contribution in [0.4, 0.5) is 0 Å². The molecule has 1 unspecified atom stereocenters. The fourth-order valence-electron chi connectivity index (χ4n) is 1.97. The van der Waals surface area contributed by atoms with Crippen LogP contribution in [0.5, 0.6) is 0 Å². The molecule has 1 saturated carbocycles. The van der Waals surface area contributed by atoms with Crippen LogP contribution in [0.15, 0.2) is 16.8 Å². The van der Waals surface area contributed by atoms with Gasteiger partial charge in [0.25, 0.3) is 0 Å². The number of nitrogens with one attached hydrogen (secondary N) is 1. The third-order valence-electron chi connectivity index (χ3n) is 2.87. The standard InChI is InChI=1S/C11H17N3O4/c1-8(15)12-7-10(13-16)6-9-4-2-3-5-11(9)14(17)18/h6,11,16H,2-5,7H2,1H3,(H,12,15). The molecule has 0 aliphatic heterocycles. The van der Waals surface area contributed by atoms with Gasteiger partial charge < -0.3 is 10.5 Å². The summed E-state index contributed by atoms with van der Waals surface area (Å²) in [5.74, 6) is -0.246. The van der Waals surface area contributed by atoms with Crippen LogP contribution >= 0.6 is 0 Å². The molecule has 1 aliphatic carbocycles. The topological polar surface area (TPSA) is 105 Å². The van der Waals surface area contributed by atoms with E-state index in [0.717, 1.165) is 12.8 Å².